The van der Waals surface area contributed by atoms with Crippen molar-refractivity contribution in [3.05, 3.63) is 35.9 Å². The van der Waals surface area contributed by atoms with E-state index in [0.717, 1.165) is 32.5 Å². The highest BCUT2D eigenvalue weighted by atomic mass is 16.5. The van der Waals surface area contributed by atoms with Crippen LogP contribution in [0.3, 0.4) is 0 Å². The number of ether oxygens (including phenoxy) is 1. The maximum Gasteiger partial charge on any atom is 0.309 e. The summed E-state index contributed by atoms with van der Waals surface area (Å²) in [6, 6.07) is 10.5. The van der Waals surface area contributed by atoms with Gasteiger partial charge < -0.3 is 4.74 Å². The third-order valence-electron chi connectivity index (χ3n) is 4.39. The molecule has 1 aliphatic heterocycles. The first kappa shape index (κ1) is 11.7. The lowest BCUT2D eigenvalue weighted by Gasteiger charge is -2.16. The quantitative estimate of drug-likeness (QED) is 0.764. The summed E-state index contributed by atoms with van der Waals surface area (Å²) >= 11 is 0. The van der Waals surface area contributed by atoms with Gasteiger partial charge in [0.1, 0.15) is 0 Å². The first-order valence-corrected chi connectivity index (χ1v) is 6.58. The zero-order chi connectivity index (χ0) is 12.6. The Kier molecular flexibility index (Phi) is 2.86. The maximum atomic E-state index is 11.6. The van der Waals surface area contributed by atoms with E-state index in [4.69, 9.17) is 4.74 Å². The Labute approximate surface area is 108 Å². The van der Waals surface area contributed by atoms with Crippen LogP contribution in [0.15, 0.2) is 30.3 Å². The van der Waals surface area contributed by atoms with E-state index >= 15 is 0 Å². The highest BCUT2D eigenvalue weighted by Crippen LogP contribution is 2.59. The summed E-state index contributed by atoms with van der Waals surface area (Å²) in [6.45, 7) is 3.14. The number of nitrogens with zero attached hydrogens (tertiary/aromatic N) is 1. The van der Waals surface area contributed by atoms with Crippen molar-refractivity contribution in [1.29, 1.82) is 0 Å². The lowest BCUT2D eigenvalue weighted by atomic mass is 10.0. The normalized spacial score (nSPS) is 30.6. The minimum Gasteiger partial charge on any atom is -0.469 e. The number of methoxy groups -OCH3 is 1. The second-order valence-corrected chi connectivity index (χ2v) is 5.59. The number of carbonyl (C=O) groups excluding carboxylic acids is 1. The van der Waals surface area contributed by atoms with E-state index in [-0.39, 0.29) is 17.3 Å². The molecule has 2 aliphatic rings. The van der Waals surface area contributed by atoms with E-state index in [1.807, 2.05) is 6.07 Å². The molecule has 0 radical (unpaired) electrons. The van der Waals surface area contributed by atoms with Gasteiger partial charge in [0.25, 0.3) is 0 Å². The average molecular weight is 245 g/mol. The summed E-state index contributed by atoms with van der Waals surface area (Å²) in [6.07, 6.45) is 2.16. The molecular formula is C15H19NO2. The van der Waals surface area contributed by atoms with E-state index in [9.17, 15) is 4.79 Å². The van der Waals surface area contributed by atoms with Gasteiger partial charge in [-0.15, -0.1) is 0 Å². The van der Waals surface area contributed by atoms with Crippen molar-refractivity contribution in [1.82, 2.24) is 4.90 Å². The Bertz CT molecular complexity index is 445. The Hall–Kier alpha value is -1.35. The summed E-state index contributed by atoms with van der Waals surface area (Å²) in [5.74, 6) is 0.139. The van der Waals surface area contributed by atoms with E-state index in [0.29, 0.717) is 0 Å². The molecular weight excluding hydrogens is 226 g/mol. The summed E-state index contributed by atoms with van der Waals surface area (Å²) in [4.78, 5) is 14.0. The van der Waals surface area contributed by atoms with Crippen molar-refractivity contribution in [2.24, 2.45) is 11.3 Å². The predicted molar refractivity (Wildman–Crippen MR) is 68.9 cm³/mol. The first-order chi connectivity index (χ1) is 8.73. The minimum absolute atomic E-state index is 0.0171. The summed E-state index contributed by atoms with van der Waals surface area (Å²) < 4.78 is 4.86. The topological polar surface area (TPSA) is 29.5 Å². The van der Waals surface area contributed by atoms with Crippen LogP contribution in [0.2, 0.25) is 0 Å². The number of benzene rings is 1. The Morgan fingerprint density at radius 3 is 2.94 bits per heavy atom. The van der Waals surface area contributed by atoms with Gasteiger partial charge in [-0.25, -0.2) is 0 Å². The molecule has 3 heteroatoms. The van der Waals surface area contributed by atoms with Crippen LogP contribution in [0.4, 0.5) is 0 Å². The van der Waals surface area contributed by atoms with Crippen LogP contribution < -0.4 is 0 Å². The average Bonchev–Trinajstić information content (AvgIpc) is 2.96. The van der Waals surface area contributed by atoms with Gasteiger partial charge in [-0.1, -0.05) is 30.3 Å². The first-order valence-electron chi connectivity index (χ1n) is 6.58. The molecule has 1 heterocycles. The van der Waals surface area contributed by atoms with Crippen molar-refractivity contribution in [3.63, 3.8) is 0 Å². The van der Waals surface area contributed by atoms with Gasteiger partial charge in [-0.3, -0.25) is 9.69 Å². The van der Waals surface area contributed by atoms with Crippen LogP contribution in [0, 0.1) is 11.3 Å². The van der Waals surface area contributed by atoms with Crippen molar-refractivity contribution >= 4 is 5.97 Å². The van der Waals surface area contributed by atoms with Crippen LogP contribution in [-0.2, 0) is 16.1 Å². The Morgan fingerprint density at radius 1 is 1.44 bits per heavy atom. The molecule has 0 bridgehead atoms. The van der Waals surface area contributed by atoms with Gasteiger partial charge in [0, 0.05) is 13.1 Å². The SMILES string of the molecule is COC(=O)C1CC12CCN(Cc1ccccc1)C2. The van der Waals surface area contributed by atoms with Gasteiger partial charge in [-0.2, -0.15) is 0 Å². The molecule has 2 fully saturated rings. The zero-order valence-electron chi connectivity index (χ0n) is 10.8. The fraction of sp³-hybridized carbons (Fsp3) is 0.533. The molecule has 18 heavy (non-hydrogen) atoms. The molecule has 1 aromatic rings. The molecule has 3 rings (SSSR count). The van der Waals surface area contributed by atoms with Crippen molar-refractivity contribution in [3.8, 4) is 0 Å². The number of esters is 1. The molecule has 1 aliphatic carbocycles. The maximum absolute atomic E-state index is 11.6. The third kappa shape index (κ3) is 2.03. The van der Waals surface area contributed by atoms with Crippen LogP contribution in [0.25, 0.3) is 0 Å². The standard InChI is InChI=1S/C15H19NO2/c1-18-14(17)13-9-15(13)7-8-16(11-15)10-12-5-3-2-4-6-12/h2-6,13H,7-11H2,1H3. The summed E-state index contributed by atoms with van der Waals surface area (Å²) in [5, 5.41) is 0. The molecule has 96 valence electrons. The molecule has 2 atom stereocenters. The van der Waals surface area contributed by atoms with E-state index in [1.54, 1.807) is 0 Å². The molecule has 1 aromatic carbocycles. The molecule has 0 aromatic heterocycles. The number of hydrogen-bond acceptors (Lipinski definition) is 3. The van der Waals surface area contributed by atoms with E-state index < -0.39 is 0 Å². The molecule has 1 spiro atoms. The van der Waals surface area contributed by atoms with Crippen LogP contribution in [0.5, 0.6) is 0 Å². The molecule has 1 saturated heterocycles. The lowest BCUT2D eigenvalue weighted by Crippen LogP contribution is -2.22. The number of carbonyl (C=O) groups is 1. The minimum atomic E-state index is -0.0171. The van der Waals surface area contributed by atoms with E-state index in [2.05, 4.69) is 29.2 Å². The number of likely N-dealkylation sites (tertiary alicyclic amines) is 1. The van der Waals surface area contributed by atoms with Crippen LogP contribution in [0.1, 0.15) is 18.4 Å². The smallest absolute Gasteiger partial charge is 0.309 e. The van der Waals surface area contributed by atoms with Gasteiger partial charge in [-0.05, 0) is 30.4 Å². The second-order valence-electron chi connectivity index (χ2n) is 5.59. The Balaban J connectivity index is 1.59. The number of rotatable bonds is 3. The van der Waals surface area contributed by atoms with Gasteiger partial charge in [0.15, 0.2) is 0 Å². The monoisotopic (exact) mass is 245 g/mol. The fourth-order valence-electron chi connectivity index (χ4n) is 3.24. The summed E-state index contributed by atoms with van der Waals surface area (Å²) in [7, 11) is 1.49. The largest absolute Gasteiger partial charge is 0.469 e. The fourth-order valence-corrected chi connectivity index (χ4v) is 3.24. The lowest BCUT2D eigenvalue weighted by molar-refractivity contribution is -0.143. The molecule has 2 unspecified atom stereocenters. The molecule has 1 saturated carbocycles. The predicted octanol–water partition coefficient (Wildman–Crippen LogP) is 2.07. The van der Waals surface area contributed by atoms with Gasteiger partial charge >= 0.3 is 5.97 Å². The Morgan fingerprint density at radius 2 is 2.22 bits per heavy atom. The van der Waals surface area contributed by atoms with Crippen molar-refractivity contribution in [2.45, 2.75) is 19.4 Å². The van der Waals surface area contributed by atoms with E-state index in [1.165, 1.54) is 12.7 Å². The zero-order valence-corrected chi connectivity index (χ0v) is 10.8. The van der Waals surface area contributed by atoms with Crippen molar-refractivity contribution < 1.29 is 9.53 Å². The third-order valence-corrected chi connectivity index (χ3v) is 4.39. The molecule has 3 nitrogen and oxygen atoms in total. The summed E-state index contributed by atoms with van der Waals surface area (Å²) in [5.41, 5.74) is 1.59. The number of hydrogen-bond donors (Lipinski definition) is 0. The van der Waals surface area contributed by atoms with Gasteiger partial charge in [0.05, 0.1) is 13.0 Å². The van der Waals surface area contributed by atoms with Crippen LogP contribution >= 0.6 is 0 Å². The van der Waals surface area contributed by atoms with Gasteiger partial charge in [0.2, 0.25) is 0 Å². The molecule has 0 amide bonds. The molecule has 0 N–H and O–H groups in total. The highest BCUT2D eigenvalue weighted by Gasteiger charge is 2.61. The van der Waals surface area contributed by atoms with Crippen molar-refractivity contribution in [2.75, 3.05) is 20.2 Å². The highest BCUT2D eigenvalue weighted by molar-refractivity contribution is 5.77. The second kappa shape index (κ2) is 4.39. The van der Waals surface area contributed by atoms with Crippen LogP contribution in [-0.4, -0.2) is 31.1 Å².